The number of alkyl halides is 1. The van der Waals surface area contributed by atoms with Crippen LogP contribution in [0.2, 0.25) is 0 Å². The molecule has 0 radical (unpaired) electrons. The molecule has 0 saturated carbocycles. The second kappa shape index (κ2) is 6.72. The molecule has 104 valence electrons. The number of nitrogens with zero attached hydrogens (tertiary/aromatic N) is 1. The predicted molar refractivity (Wildman–Crippen MR) is 81.1 cm³/mol. The summed E-state index contributed by atoms with van der Waals surface area (Å²) in [4.78, 5) is 10.4. The number of hydrogen-bond acceptors (Lipinski definition) is 3. The largest absolute Gasteiger partial charge is 0.489 e. The van der Waals surface area contributed by atoms with Crippen molar-refractivity contribution in [3.05, 3.63) is 68.2 Å². The lowest BCUT2D eigenvalue weighted by Gasteiger charge is -2.08. The third-order valence-electron chi connectivity index (χ3n) is 2.73. The zero-order valence-corrected chi connectivity index (χ0v) is 12.7. The Hall–Kier alpha value is -1.59. The van der Waals surface area contributed by atoms with E-state index in [2.05, 4.69) is 15.9 Å². The number of nitro benzene ring substituents is 1. The quantitative estimate of drug-likeness (QED) is 0.444. The minimum absolute atomic E-state index is 0.0311. The van der Waals surface area contributed by atoms with E-state index in [1.54, 1.807) is 12.1 Å². The fourth-order valence-corrected chi connectivity index (χ4v) is 2.36. The first-order valence-electron chi connectivity index (χ1n) is 5.81. The second-order valence-corrected chi connectivity index (χ2v) is 5.13. The van der Waals surface area contributed by atoms with E-state index in [-0.39, 0.29) is 12.3 Å². The third kappa shape index (κ3) is 3.49. The number of rotatable bonds is 5. The first-order chi connectivity index (χ1) is 9.61. The Morgan fingerprint density at radius 2 is 1.90 bits per heavy atom. The van der Waals surface area contributed by atoms with Crippen molar-refractivity contribution in [2.24, 2.45) is 0 Å². The van der Waals surface area contributed by atoms with Gasteiger partial charge in [0.05, 0.1) is 4.92 Å². The van der Waals surface area contributed by atoms with Gasteiger partial charge in [-0.15, -0.1) is 11.6 Å². The van der Waals surface area contributed by atoms with Crippen molar-refractivity contribution in [2.75, 3.05) is 0 Å². The van der Waals surface area contributed by atoms with Crippen LogP contribution < -0.4 is 4.74 Å². The summed E-state index contributed by atoms with van der Waals surface area (Å²) in [5, 5.41) is 10.8. The number of nitro groups is 1. The van der Waals surface area contributed by atoms with E-state index >= 15 is 0 Å². The Kier molecular flexibility index (Phi) is 4.98. The average molecular weight is 357 g/mol. The van der Waals surface area contributed by atoms with Crippen molar-refractivity contribution in [1.29, 1.82) is 0 Å². The number of ether oxygens (including phenoxy) is 1. The lowest BCUT2D eigenvalue weighted by Crippen LogP contribution is -1.99. The monoisotopic (exact) mass is 355 g/mol. The predicted octanol–water partition coefficient (Wildman–Crippen LogP) is 4.68. The normalized spacial score (nSPS) is 10.3. The smallest absolute Gasteiger partial charge is 0.283 e. The van der Waals surface area contributed by atoms with Gasteiger partial charge in [0.1, 0.15) is 16.8 Å². The van der Waals surface area contributed by atoms with Crippen LogP contribution >= 0.6 is 27.5 Å². The molecule has 2 aromatic rings. The van der Waals surface area contributed by atoms with E-state index in [0.29, 0.717) is 16.1 Å². The fourth-order valence-electron chi connectivity index (χ4n) is 1.65. The molecule has 0 fully saturated rings. The second-order valence-electron chi connectivity index (χ2n) is 4.07. The van der Waals surface area contributed by atoms with Gasteiger partial charge in [0.15, 0.2) is 0 Å². The molecule has 0 saturated heterocycles. The minimum atomic E-state index is -0.428. The highest BCUT2D eigenvalue weighted by atomic mass is 79.9. The molecule has 0 aliphatic carbocycles. The van der Waals surface area contributed by atoms with E-state index in [1.165, 1.54) is 6.07 Å². The van der Waals surface area contributed by atoms with Gasteiger partial charge in [0, 0.05) is 17.5 Å². The summed E-state index contributed by atoms with van der Waals surface area (Å²) in [7, 11) is 0. The van der Waals surface area contributed by atoms with E-state index in [0.717, 1.165) is 11.1 Å². The fraction of sp³-hybridized carbons (Fsp3) is 0.143. The van der Waals surface area contributed by atoms with E-state index in [9.17, 15) is 10.1 Å². The molecule has 0 aromatic heterocycles. The summed E-state index contributed by atoms with van der Waals surface area (Å²) in [6, 6.07) is 12.3. The highest BCUT2D eigenvalue weighted by Gasteiger charge is 2.14. The van der Waals surface area contributed by atoms with Crippen molar-refractivity contribution in [1.82, 2.24) is 0 Å². The van der Waals surface area contributed by atoms with Crippen LogP contribution in [0, 0.1) is 10.1 Å². The maximum absolute atomic E-state index is 10.8. The summed E-state index contributed by atoms with van der Waals surface area (Å²) in [5.74, 6) is 1.15. The molecule has 6 heteroatoms. The zero-order chi connectivity index (χ0) is 14.5. The van der Waals surface area contributed by atoms with Crippen LogP contribution in [0.3, 0.4) is 0 Å². The Bertz CT molecular complexity index is 616. The Balaban J connectivity index is 2.10. The summed E-state index contributed by atoms with van der Waals surface area (Å²) in [6.45, 7) is 0.252. The maximum atomic E-state index is 10.8. The molecule has 4 nitrogen and oxygen atoms in total. The summed E-state index contributed by atoms with van der Waals surface area (Å²) >= 11 is 8.95. The van der Waals surface area contributed by atoms with Crippen LogP contribution in [-0.4, -0.2) is 4.92 Å². The Labute approximate surface area is 129 Å². The average Bonchev–Trinajstić information content (AvgIpc) is 2.46. The number of benzene rings is 2. The van der Waals surface area contributed by atoms with Gasteiger partial charge < -0.3 is 4.74 Å². The van der Waals surface area contributed by atoms with Gasteiger partial charge in [-0.25, -0.2) is 0 Å². The van der Waals surface area contributed by atoms with E-state index in [4.69, 9.17) is 16.3 Å². The van der Waals surface area contributed by atoms with E-state index < -0.39 is 4.92 Å². The van der Waals surface area contributed by atoms with Crippen LogP contribution in [0.5, 0.6) is 5.75 Å². The number of hydrogen-bond donors (Lipinski definition) is 0. The molecule has 2 rings (SSSR count). The van der Waals surface area contributed by atoms with Crippen LogP contribution in [0.1, 0.15) is 11.1 Å². The molecule has 0 aliphatic heterocycles. The zero-order valence-electron chi connectivity index (χ0n) is 10.4. The van der Waals surface area contributed by atoms with Gasteiger partial charge in [-0.3, -0.25) is 10.1 Å². The SMILES string of the molecule is O=[N+]([O-])c1cccc(COc2ccc(CCl)cc2)c1Br. The van der Waals surface area contributed by atoms with Crippen molar-refractivity contribution in [3.63, 3.8) is 0 Å². The highest BCUT2D eigenvalue weighted by molar-refractivity contribution is 9.10. The highest BCUT2D eigenvalue weighted by Crippen LogP contribution is 2.29. The summed E-state index contributed by atoms with van der Waals surface area (Å²) in [5.41, 5.74) is 1.76. The standard InChI is InChI=1S/C14H11BrClNO3/c15-14-11(2-1-3-13(14)17(18)19)9-20-12-6-4-10(8-16)5-7-12/h1-7H,8-9H2. The van der Waals surface area contributed by atoms with Crippen LogP contribution in [0.4, 0.5) is 5.69 Å². The molecule has 0 atom stereocenters. The molecule has 0 aliphatic rings. The van der Waals surface area contributed by atoms with E-state index in [1.807, 2.05) is 24.3 Å². The Morgan fingerprint density at radius 3 is 2.50 bits per heavy atom. The van der Waals surface area contributed by atoms with Crippen molar-refractivity contribution < 1.29 is 9.66 Å². The van der Waals surface area contributed by atoms with Crippen LogP contribution in [-0.2, 0) is 12.5 Å². The van der Waals surface area contributed by atoms with Crippen molar-refractivity contribution in [3.8, 4) is 5.75 Å². The van der Waals surface area contributed by atoms with Crippen LogP contribution in [0.15, 0.2) is 46.9 Å². The molecule has 20 heavy (non-hydrogen) atoms. The van der Waals surface area contributed by atoms with Crippen molar-refractivity contribution in [2.45, 2.75) is 12.5 Å². The third-order valence-corrected chi connectivity index (χ3v) is 3.95. The van der Waals surface area contributed by atoms with Gasteiger partial charge in [0.2, 0.25) is 0 Å². The first kappa shape index (κ1) is 14.8. The lowest BCUT2D eigenvalue weighted by atomic mass is 10.2. The van der Waals surface area contributed by atoms with Gasteiger partial charge >= 0.3 is 0 Å². The maximum Gasteiger partial charge on any atom is 0.283 e. The molecule has 0 bridgehead atoms. The molecule has 0 heterocycles. The topological polar surface area (TPSA) is 52.4 Å². The molecule has 0 N–H and O–H groups in total. The molecule has 0 amide bonds. The van der Waals surface area contributed by atoms with Gasteiger partial charge in [-0.2, -0.15) is 0 Å². The molecule has 0 unspecified atom stereocenters. The molecule has 0 spiro atoms. The van der Waals surface area contributed by atoms with Gasteiger partial charge in [-0.1, -0.05) is 24.3 Å². The van der Waals surface area contributed by atoms with Crippen LogP contribution in [0.25, 0.3) is 0 Å². The van der Waals surface area contributed by atoms with Crippen molar-refractivity contribution >= 4 is 33.2 Å². The Morgan fingerprint density at radius 1 is 1.20 bits per heavy atom. The molecular formula is C14H11BrClNO3. The number of halogens is 2. The minimum Gasteiger partial charge on any atom is -0.489 e. The summed E-state index contributed by atoms with van der Waals surface area (Å²) < 4.78 is 6.06. The van der Waals surface area contributed by atoms with Gasteiger partial charge in [0.25, 0.3) is 5.69 Å². The van der Waals surface area contributed by atoms with Gasteiger partial charge in [-0.05, 0) is 33.6 Å². The molecule has 2 aromatic carbocycles. The first-order valence-corrected chi connectivity index (χ1v) is 7.14. The lowest BCUT2D eigenvalue weighted by molar-refractivity contribution is -0.385. The molecular weight excluding hydrogens is 346 g/mol. The summed E-state index contributed by atoms with van der Waals surface area (Å²) in [6.07, 6.45) is 0.